The number of nitrogens with zero attached hydrogens (tertiary/aromatic N) is 3. The van der Waals surface area contributed by atoms with E-state index in [0.29, 0.717) is 0 Å². The molecule has 0 unspecified atom stereocenters. The van der Waals surface area contributed by atoms with Crippen LogP contribution in [0, 0.1) is 0 Å². The van der Waals surface area contributed by atoms with Gasteiger partial charge in [0.1, 0.15) is 5.82 Å². The van der Waals surface area contributed by atoms with E-state index in [0.717, 1.165) is 32.2 Å². The summed E-state index contributed by atoms with van der Waals surface area (Å²) < 4.78 is 0. The lowest BCUT2D eigenvalue weighted by Crippen LogP contribution is -2.47. The summed E-state index contributed by atoms with van der Waals surface area (Å²) in [7, 11) is 0. The molecule has 1 saturated heterocycles. The van der Waals surface area contributed by atoms with Gasteiger partial charge in [-0.05, 0) is 31.9 Å². The van der Waals surface area contributed by atoms with E-state index in [4.69, 9.17) is 0 Å². The molecule has 2 heterocycles. The second-order valence-electron chi connectivity index (χ2n) is 5.92. The topological polar surface area (TPSA) is 31.4 Å². The highest BCUT2D eigenvalue weighted by atomic mass is 15.3. The van der Waals surface area contributed by atoms with Crippen LogP contribution in [-0.4, -0.2) is 48.6 Å². The smallest absolute Gasteiger partial charge is 0.133 e. The minimum Gasteiger partial charge on any atom is -0.354 e. The summed E-state index contributed by atoms with van der Waals surface area (Å²) in [6.07, 6.45) is 5.92. The van der Waals surface area contributed by atoms with Gasteiger partial charge in [0.2, 0.25) is 0 Å². The lowest BCUT2D eigenvalue weighted by molar-refractivity contribution is 0.247. The van der Waals surface area contributed by atoms with Crippen molar-refractivity contribution in [2.75, 3.05) is 37.6 Å². The SMILES string of the molecule is CCCNCc1cccnc1N1CCN(C2CC2)CC1. The second kappa shape index (κ2) is 6.55. The highest BCUT2D eigenvalue weighted by Gasteiger charge is 2.31. The maximum Gasteiger partial charge on any atom is 0.133 e. The van der Waals surface area contributed by atoms with Gasteiger partial charge in [0.15, 0.2) is 0 Å². The molecular formula is C16H26N4. The molecule has 110 valence electrons. The zero-order valence-corrected chi connectivity index (χ0v) is 12.5. The molecule has 1 N–H and O–H groups in total. The summed E-state index contributed by atoms with van der Waals surface area (Å²) in [6, 6.07) is 5.15. The standard InChI is InChI=1S/C16H26N4/c1-2-7-17-13-14-4-3-8-18-16(14)20-11-9-19(10-12-20)15-5-6-15/h3-4,8,15,17H,2,5-7,9-13H2,1H3. The maximum absolute atomic E-state index is 4.63. The number of anilines is 1. The van der Waals surface area contributed by atoms with Crippen LogP contribution in [-0.2, 0) is 6.54 Å². The van der Waals surface area contributed by atoms with E-state index in [9.17, 15) is 0 Å². The van der Waals surface area contributed by atoms with Crippen LogP contribution >= 0.6 is 0 Å². The van der Waals surface area contributed by atoms with Crippen LogP contribution in [0.3, 0.4) is 0 Å². The van der Waals surface area contributed by atoms with Crippen molar-refractivity contribution in [3.63, 3.8) is 0 Å². The molecule has 0 radical (unpaired) electrons. The third-order valence-corrected chi connectivity index (χ3v) is 4.29. The molecule has 2 aliphatic rings. The highest BCUT2D eigenvalue weighted by Crippen LogP contribution is 2.28. The molecule has 1 saturated carbocycles. The number of hydrogen-bond acceptors (Lipinski definition) is 4. The van der Waals surface area contributed by atoms with Crippen molar-refractivity contribution < 1.29 is 0 Å². The van der Waals surface area contributed by atoms with E-state index in [1.807, 2.05) is 12.3 Å². The fourth-order valence-corrected chi connectivity index (χ4v) is 2.99. The van der Waals surface area contributed by atoms with Crippen molar-refractivity contribution in [2.45, 2.75) is 38.8 Å². The summed E-state index contributed by atoms with van der Waals surface area (Å²) in [4.78, 5) is 9.74. The van der Waals surface area contributed by atoms with Crippen molar-refractivity contribution in [1.29, 1.82) is 0 Å². The molecule has 4 heteroatoms. The van der Waals surface area contributed by atoms with Crippen LogP contribution in [0.25, 0.3) is 0 Å². The van der Waals surface area contributed by atoms with Crippen LogP contribution < -0.4 is 10.2 Å². The minimum atomic E-state index is 0.895. The number of piperazine rings is 1. The van der Waals surface area contributed by atoms with E-state index in [1.54, 1.807) is 0 Å². The van der Waals surface area contributed by atoms with Crippen LogP contribution in [0.5, 0.6) is 0 Å². The zero-order chi connectivity index (χ0) is 13.8. The zero-order valence-electron chi connectivity index (χ0n) is 12.5. The highest BCUT2D eigenvalue weighted by molar-refractivity contribution is 5.47. The Morgan fingerprint density at radius 1 is 1.25 bits per heavy atom. The summed E-state index contributed by atoms with van der Waals surface area (Å²) in [5.41, 5.74) is 1.33. The van der Waals surface area contributed by atoms with E-state index >= 15 is 0 Å². The Kier molecular flexibility index (Phi) is 4.53. The monoisotopic (exact) mass is 274 g/mol. The number of rotatable bonds is 6. The van der Waals surface area contributed by atoms with Crippen LogP contribution in [0.15, 0.2) is 18.3 Å². The normalized spacial score (nSPS) is 20.4. The summed E-state index contributed by atoms with van der Waals surface area (Å²) >= 11 is 0. The van der Waals surface area contributed by atoms with Gasteiger partial charge in [-0.15, -0.1) is 0 Å². The van der Waals surface area contributed by atoms with Gasteiger partial charge in [0.25, 0.3) is 0 Å². The van der Waals surface area contributed by atoms with E-state index < -0.39 is 0 Å². The predicted octanol–water partition coefficient (Wildman–Crippen LogP) is 1.87. The van der Waals surface area contributed by atoms with Crippen molar-refractivity contribution in [3.8, 4) is 0 Å². The number of pyridine rings is 1. The molecule has 3 rings (SSSR count). The molecule has 1 aliphatic carbocycles. The Morgan fingerprint density at radius 2 is 2.05 bits per heavy atom. The Balaban J connectivity index is 1.61. The largest absolute Gasteiger partial charge is 0.354 e. The van der Waals surface area contributed by atoms with Crippen molar-refractivity contribution in [2.24, 2.45) is 0 Å². The quantitative estimate of drug-likeness (QED) is 0.803. The Morgan fingerprint density at radius 3 is 2.75 bits per heavy atom. The summed E-state index contributed by atoms with van der Waals surface area (Å²) in [6.45, 7) is 8.84. The molecule has 0 spiro atoms. The molecule has 2 fully saturated rings. The van der Waals surface area contributed by atoms with Gasteiger partial charge in [-0.25, -0.2) is 4.98 Å². The average Bonchev–Trinajstić information content (AvgIpc) is 3.33. The first-order valence-corrected chi connectivity index (χ1v) is 8.02. The fraction of sp³-hybridized carbons (Fsp3) is 0.688. The van der Waals surface area contributed by atoms with Gasteiger partial charge in [-0.1, -0.05) is 13.0 Å². The predicted molar refractivity (Wildman–Crippen MR) is 83.0 cm³/mol. The van der Waals surface area contributed by atoms with Crippen LogP contribution in [0.4, 0.5) is 5.82 Å². The Bertz CT molecular complexity index is 422. The number of aromatic nitrogens is 1. The first-order chi connectivity index (χ1) is 9.88. The molecule has 4 nitrogen and oxygen atoms in total. The van der Waals surface area contributed by atoms with Crippen LogP contribution in [0.1, 0.15) is 31.7 Å². The van der Waals surface area contributed by atoms with Gasteiger partial charge in [0, 0.05) is 50.5 Å². The maximum atomic E-state index is 4.63. The first-order valence-electron chi connectivity index (χ1n) is 8.02. The third-order valence-electron chi connectivity index (χ3n) is 4.29. The van der Waals surface area contributed by atoms with E-state index in [-0.39, 0.29) is 0 Å². The van der Waals surface area contributed by atoms with Gasteiger partial charge in [-0.2, -0.15) is 0 Å². The molecule has 0 atom stereocenters. The fourth-order valence-electron chi connectivity index (χ4n) is 2.99. The number of hydrogen-bond donors (Lipinski definition) is 1. The van der Waals surface area contributed by atoms with Gasteiger partial charge >= 0.3 is 0 Å². The van der Waals surface area contributed by atoms with Crippen LogP contribution in [0.2, 0.25) is 0 Å². The molecular weight excluding hydrogens is 248 g/mol. The van der Waals surface area contributed by atoms with E-state index in [2.05, 4.69) is 33.1 Å². The molecule has 1 aliphatic heterocycles. The van der Waals surface area contributed by atoms with Crippen molar-refractivity contribution in [3.05, 3.63) is 23.9 Å². The van der Waals surface area contributed by atoms with E-state index in [1.165, 1.54) is 43.7 Å². The second-order valence-corrected chi connectivity index (χ2v) is 5.92. The molecule has 1 aromatic heterocycles. The Labute approximate surface area is 122 Å². The third kappa shape index (κ3) is 3.30. The molecule has 20 heavy (non-hydrogen) atoms. The lowest BCUT2D eigenvalue weighted by Gasteiger charge is -2.36. The van der Waals surface area contributed by atoms with Crippen molar-refractivity contribution in [1.82, 2.24) is 15.2 Å². The number of nitrogens with one attached hydrogen (secondary N) is 1. The van der Waals surface area contributed by atoms with Gasteiger partial charge in [0.05, 0.1) is 0 Å². The molecule has 0 amide bonds. The molecule has 0 bridgehead atoms. The average molecular weight is 274 g/mol. The summed E-state index contributed by atoms with van der Waals surface area (Å²) in [5.74, 6) is 1.19. The first kappa shape index (κ1) is 13.8. The molecule has 0 aromatic carbocycles. The summed E-state index contributed by atoms with van der Waals surface area (Å²) in [5, 5.41) is 3.49. The lowest BCUT2D eigenvalue weighted by atomic mass is 10.2. The minimum absolute atomic E-state index is 0.895. The van der Waals surface area contributed by atoms with Crippen molar-refractivity contribution >= 4 is 5.82 Å². The van der Waals surface area contributed by atoms with Gasteiger partial charge in [-0.3, -0.25) is 4.90 Å². The van der Waals surface area contributed by atoms with Gasteiger partial charge < -0.3 is 10.2 Å². The Hall–Kier alpha value is -1.13. The molecule has 1 aromatic rings.